The third kappa shape index (κ3) is 4.31. The number of halogens is 2. The molecule has 1 aromatic carbocycles. The third-order valence-corrected chi connectivity index (χ3v) is 3.38. The standard InChI is InChI=1S/C15H11BrClNO3/c1-9-6-10(2-5-14(19)20)8-18-15(9)21-13-7-11(16)3-4-12(13)17/h2-8H,1H3,(H,19,20)/b5-2+. The van der Waals surface area contributed by atoms with E-state index in [1.54, 1.807) is 18.2 Å². The maximum atomic E-state index is 10.5. The van der Waals surface area contributed by atoms with Gasteiger partial charge in [-0.05, 0) is 42.8 Å². The molecule has 0 saturated carbocycles. The van der Waals surface area contributed by atoms with Crippen LogP contribution < -0.4 is 4.74 Å². The highest BCUT2D eigenvalue weighted by molar-refractivity contribution is 9.10. The molecule has 6 heteroatoms. The van der Waals surface area contributed by atoms with E-state index in [1.165, 1.54) is 12.3 Å². The van der Waals surface area contributed by atoms with Crippen LogP contribution in [0.5, 0.6) is 11.6 Å². The molecule has 4 nitrogen and oxygen atoms in total. The van der Waals surface area contributed by atoms with Crippen molar-refractivity contribution < 1.29 is 14.6 Å². The van der Waals surface area contributed by atoms with Crippen LogP contribution in [-0.4, -0.2) is 16.1 Å². The molecule has 0 fully saturated rings. The van der Waals surface area contributed by atoms with Gasteiger partial charge in [-0.3, -0.25) is 0 Å². The highest BCUT2D eigenvalue weighted by Crippen LogP contribution is 2.32. The van der Waals surface area contributed by atoms with Gasteiger partial charge in [0.15, 0.2) is 0 Å². The van der Waals surface area contributed by atoms with Gasteiger partial charge >= 0.3 is 5.97 Å². The topological polar surface area (TPSA) is 59.4 Å². The molecule has 21 heavy (non-hydrogen) atoms. The van der Waals surface area contributed by atoms with Gasteiger partial charge in [-0.2, -0.15) is 0 Å². The number of aliphatic carboxylic acids is 1. The van der Waals surface area contributed by atoms with Crippen LogP contribution in [0.25, 0.3) is 6.08 Å². The first-order valence-electron chi connectivity index (χ1n) is 5.96. The molecule has 0 atom stereocenters. The fraction of sp³-hybridized carbons (Fsp3) is 0.0667. The number of ether oxygens (including phenoxy) is 1. The summed E-state index contributed by atoms with van der Waals surface area (Å²) in [6, 6.07) is 7.07. The van der Waals surface area contributed by atoms with E-state index < -0.39 is 5.97 Å². The Kier molecular flexibility index (Phi) is 4.98. The van der Waals surface area contributed by atoms with Crippen LogP contribution in [0.3, 0.4) is 0 Å². The predicted octanol–water partition coefficient (Wildman–Crippen LogP) is 4.70. The quantitative estimate of drug-likeness (QED) is 0.795. The predicted molar refractivity (Wildman–Crippen MR) is 84.9 cm³/mol. The Morgan fingerprint density at radius 3 is 2.86 bits per heavy atom. The first kappa shape index (κ1) is 15.5. The lowest BCUT2D eigenvalue weighted by molar-refractivity contribution is -0.131. The zero-order valence-corrected chi connectivity index (χ0v) is 13.4. The molecule has 0 radical (unpaired) electrons. The van der Waals surface area contributed by atoms with Crippen molar-refractivity contribution >= 4 is 39.6 Å². The fourth-order valence-electron chi connectivity index (χ4n) is 1.61. The molecule has 0 bridgehead atoms. The van der Waals surface area contributed by atoms with Crippen molar-refractivity contribution in [3.63, 3.8) is 0 Å². The van der Waals surface area contributed by atoms with Crippen molar-refractivity contribution in [2.75, 3.05) is 0 Å². The minimum atomic E-state index is -1.01. The molecule has 0 aliphatic carbocycles. The first-order valence-corrected chi connectivity index (χ1v) is 7.13. The van der Waals surface area contributed by atoms with Gasteiger partial charge in [0.1, 0.15) is 5.75 Å². The van der Waals surface area contributed by atoms with Crippen LogP contribution >= 0.6 is 27.5 Å². The number of nitrogens with zero attached hydrogens (tertiary/aromatic N) is 1. The zero-order chi connectivity index (χ0) is 15.4. The van der Waals surface area contributed by atoms with Crippen LogP contribution in [0.1, 0.15) is 11.1 Å². The molecular weight excluding hydrogens is 358 g/mol. The van der Waals surface area contributed by atoms with Gasteiger partial charge in [-0.25, -0.2) is 9.78 Å². The Hall–Kier alpha value is -1.85. The molecule has 0 aliphatic heterocycles. The fourth-order valence-corrected chi connectivity index (χ4v) is 2.11. The van der Waals surface area contributed by atoms with E-state index in [4.69, 9.17) is 21.4 Å². The molecule has 0 spiro atoms. The average molecular weight is 369 g/mol. The Morgan fingerprint density at radius 1 is 1.43 bits per heavy atom. The van der Waals surface area contributed by atoms with Gasteiger partial charge < -0.3 is 9.84 Å². The van der Waals surface area contributed by atoms with Crippen molar-refractivity contribution in [3.8, 4) is 11.6 Å². The van der Waals surface area contributed by atoms with Gasteiger partial charge in [-0.1, -0.05) is 27.5 Å². The Bertz CT molecular complexity index is 716. The van der Waals surface area contributed by atoms with Crippen molar-refractivity contribution in [1.29, 1.82) is 0 Å². The SMILES string of the molecule is Cc1cc(/C=C/C(=O)O)cnc1Oc1cc(Br)ccc1Cl. The molecule has 2 aromatic rings. The number of pyridine rings is 1. The van der Waals surface area contributed by atoms with E-state index in [0.29, 0.717) is 22.2 Å². The third-order valence-electron chi connectivity index (χ3n) is 2.57. The number of carboxylic acids is 1. The van der Waals surface area contributed by atoms with Crippen LogP contribution in [0.4, 0.5) is 0 Å². The minimum absolute atomic E-state index is 0.419. The maximum Gasteiger partial charge on any atom is 0.328 e. The minimum Gasteiger partial charge on any atom is -0.478 e. The van der Waals surface area contributed by atoms with Gasteiger partial charge in [0.25, 0.3) is 0 Å². The van der Waals surface area contributed by atoms with E-state index in [-0.39, 0.29) is 0 Å². The summed E-state index contributed by atoms with van der Waals surface area (Å²) in [7, 11) is 0. The highest BCUT2D eigenvalue weighted by Gasteiger charge is 2.08. The van der Waals surface area contributed by atoms with Crippen molar-refractivity contribution in [3.05, 3.63) is 57.2 Å². The van der Waals surface area contributed by atoms with E-state index >= 15 is 0 Å². The van der Waals surface area contributed by atoms with Gasteiger partial charge in [0, 0.05) is 22.3 Å². The number of benzene rings is 1. The molecule has 0 amide bonds. The molecular formula is C15H11BrClNO3. The second kappa shape index (κ2) is 6.74. The monoisotopic (exact) mass is 367 g/mol. The lowest BCUT2D eigenvalue weighted by Gasteiger charge is -2.09. The van der Waals surface area contributed by atoms with E-state index in [9.17, 15) is 4.79 Å². The number of hydrogen-bond acceptors (Lipinski definition) is 3. The molecule has 108 valence electrons. The van der Waals surface area contributed by atoms with Crippen LogP contribution in [-0.2, 0) is 4.79 Å². The second-order valence-electron chi connectivity index (χ2n) is 4.24. The Morgan fingerprint density at radius 2 is 2.19 bits per heavy atom. The van der Waals surface area contributed by atoms with Gasteiger partial charge in [0.2, 0.25) is 5.88 Å². The summed E-state index contributed by atoms with van der Waals surface area (Å²) in [4.78, 5) is 14.7. The maximum absolute atomic E-state index is 10.5. The van der Waals surface area contributed by atoms with Gasteiger partial charge in [-0.15, -0.1) is 0 Å². The van der Waals surface area contributed by atoms with Crippen molar-refractivity contribution in [1.82, 2.24) is 4.98 Å². The van der Waals surface area contributed by atoms with Crippen molar-refractivity contribution in [2.45, 2.75) is 6.92 Å². The molecule has 0 unspecified atom stereocenters. The number of carboxylic acid groups (broad SMARTS) is 1. The lowest BCUT2D eigenvalue weighted by atomic mass is 10.2. The Labute approximate surface area is 135 Å². The number of aryl methyl sites for hydroxylation is 1. The summed E-state index contributed by atoms with van der Waals surface area (Å²) in [5.74, 6) is -0.0909. The van der Waals surface area contributed by atoms with Crippen molar-refractivity contribution in [2.24, 2.45) is 0 Å². The van der Waals surface area contributed by atoms with E-state index in [2.05, 4.69) is 20.9 Å². The number of carbonyl (C=O) groups is 1. The average Bonchev–Trinajstić information content (AvgIpc) is 2.43. The molecule has 1 N–H and O–H groups in total. The van der Waals surface area contributed by atoms with E-state index in [0.717, 1.165) is 16.1 Å². The number of aromatic nitrogens is 1. The molecule has 1 heterocycles. The Balaban J connectivity index is 2.25. The van der Waals surface area contributed by atoms with Crippen LogP contribution in [0.2, 0.25) is 5.02 Å². The highest BCUT2D eigenvalue weighted by atomic mass is 79.9. The largest absolute Gasteiger partial charge is 0.478 e. The summed E-state index contributed by atoms with van der Waals surface area (Å²) in [6.07, 6.45) is 4.06. The lowest BCUT2D eigenvalue weighted by Crippen LogP contribution is -1.93. The molecule has 2 rings (SSSR count). The number of hydrogen-bond donors (Lipinski definition) is 1. The van der Waals surface area contributed by atoms with Crippen LogP contribution in [0.15, 0.2) is 41.0 Å². The first-order chi connectivity index (χ1) is 9.95. The van der Waals surface area contributed by atoms with Gasteiger partial charge in [0.05, 0.1) is 5.02 Å². The number of rotatable bonds is 4. The smallest absolute Gasteiger partial charge is 0.328 e. The summed E-state index contributed by atoms with van der Waals surface area (Å²) >= 11 is 9.41. The zero-order valence-electron chi connectivity index (χ0n) is 11.0. The summed E-state index contributed by atoms with van der Waals surface area (Å²) in [6.45, 7) is 1.83. The van der Waals surface area contributed by atoms with Crippen LogP contribution in [0, 0.1) is 6.92 Å². The normalized spacial score (nSPS) is 10.8. The molecule has 0 saturated heterocycles. The second-order valence-corrected chi connectivity index (χ2v) is 5.56. The van der Waals surface area contributed by atoms with E-state index in [1.807, 2.05) is 13.0 Å². The summed E-state index contributed by atoms with van der Waals surface area (Å²) < 4.78 is 6.54. The summed E-state index contributed by atoms with van der Waals surface area (Å²) in [5.41, 5.74) is 1.46. The molecule has 1 aromatic heterocycles. The molecule has 0 aliphatic rings. The summed E-state index contributed by atoms with van der Waals surface area (Å²) in [5, 5.41) is 9.08.